The zero-order valence-electron chi connectivity index (χ0n) is 14.5. The first-order valence-electron chi connectivity index (χ1n) is 7.74. The van der Waals surface area contributed by atoms with Gasteiger partial charge >= 0.3 is 6.03 Å². The van der Waals surface area contributed by atoms with Crippen molar-refractivity contribution in [1.82, 2.24) is 24.8 Å². The van der Waals surface area contributed by atoms with Gasteiger partial charge in [-0.25, -0.2) is 4.79 Å². The van der Waals surface area contributed by atoms with Crippen LogP contribution in [0.5, 0.6) is 0 Å². The Bertz CT molecular complexity index is 512. The molecule has 1 fully saturated rings. The van der Waals surface area contributed by atoms with E-state index in [4.69, 9.17) is 4.52 Å². The van der Waals surface area contributed by atoms with Crippen LogP contribution in [0.2, 0.25) is 0 Å². The molecule has 0 radical (unpaired) electrons. The molecule has 1 saturated heterocycles. The topological polar surface area (TPSA) is 65.7 Å². The Morgan fingerprint density at radius 3 is 2.27 bits per heavy atom. The Morgan fingerprint density at radius 1 is 1.23 bits per heavy atom. The quantitative estimate of drug-likeness (QED) is 0.832. The highest BCUT2D eigenvalue weighted by Crippen LogP contribution is 2.24. The smallest absolute Gasteiger partial charge is 0.319 e. The fraction of sp³-hybridized carbons (Fsp3) is 0.800. The van der Waals surface area contributed by atoms with Gasteiger partial charge in [0.05, 0.1) is 6.04 Å². The molecular weight excluding hydrogens is 282 g/mol. The number of carbonyl (C=O) groups is 1. The molecule has 1 unspecified atom stereocenters. The monoisotopic (exact) mass is 309 g/mol. The summed E-state index contributed by atoms with van der Waals surface area (Å²) in [5, 5.41) is 4.09. The van der Waals surface area contributed by atoms with Gasteiger partial charge in [0, 0.05) is 45.7 Å². The summed E-state index contributed by atoms with van der Waals surface area (Å²) in [7, 11) is 3.56. The molecule has 2 rings (SSSR count). The van der Waals surface area contributed by atoms with Crippen molar-refractivity contribution in [3.63, 3.8) is 0 Å². The summed E-state index contributed by atoms with van der Waals surface area (Å²) in [4.78, 5) is 22.2. The van der Waals surface area contributed by atoms with Crippen LogP contribution in [0.4, 0.5) is 4.79 Å². The van der Waals surface area contributed by atoms with Gasteiger partial charge in [-0.15, -0.1) is 0 Å². The van der Waals surface area contributed by atoms with Crippen molar-refractivity contribution in [2.75, 3.05) is 40.3 Å². The molecule has 2 heterocycles. The summed E-state index contributed by atoms with van der Waals surface area (Å²) in [6.07, 6.45) is 0. The first kappa shape index (κ1) is 16.7. The second-order valence-electron chi connectivity index (χ2n) is 7.08. The van der Waals surface area contributed by atoms with Crippen LogP contribution in [0.1, 0.15) is 45.5 Å². The van der Waals surface area contributed by atoms with Crippen molar-refractivity contribution in [2.45, 2.75) is 39.2 Å². The standard InChI is InChI=1S/C15H27N5O2/c1-11(12-16-13(17-22-12)15(2,3)4)19-7-9-20(10-8-19)14(21)18(5)6/h11H,7-10H2,1-6H3. The third-order valence-corrected chi connectivity index (χ3v) is 3.99. The third-order valence-electron chi connectivity index (χ3n) is 3.99. The largest absolute Gasteiger partial charge is 0.338 e. The lowest BCUT2D eigenvalue weighted by molar-refractivity contribution is 0.0912. The van der Waals surface area contributed by atoms with Crippen LogP contribution in [0.15, 0.2) is 4.52 Å². The fourth-order valence-electron chi connectivity index (χ4n) is 2.45. The van der Waals surface area contributed by atoms with Gasteiger partial charge in [-0.1, -0.05) is 25.9 Å². The van der Waals surface area contributed by atoms with Crippen molar-refractivity contribution in [1.29, 1.82) is 0 Å². The number of urea groups is 1. The predicted octanol–water partition coefficient (Wildman–Crippen LogP) is 1.73. The lowest BCUT2D eigenvalue weighted by Crippen LogP contribution is -2.51. The molecule has 2 amide bonds. The van der Waals surface area contributed by atoms with Crippen LogP contribution in [0.3, 0.4) is 0 Å². The van der Waals surface area contributed by atoms with Gasteiger partial charge in [-0.3, -0.25) is 4.90 Å². The van der Waals surface area contributed by atoms with Gasteiger partial charge in [0.1, 0.15) is 0 Å². The Kier molecular flexibility index (Phi) is 4.75. The average Bonchev–Trinajstić information content (AvgIpc) is 2.95. The van der Waals surface area contributed by atoms with Crippen LogP contribution in [-0.2, 0) is 5.41 Å². The highest BCUT2D eigenvalue weighted by Gasteiger charge is 2.29. The number of carbonyl (C=O) groups excluding carboxylic acids is 1. The molecule has 0 saturated carbocycles. The zero-order valence-corrected chi connectivity index (χ0v) is 14.5. The van der Waals surface area contributed by atoms with E-state index in [-0.39, 0.29) is 17.5 Å². The van der Waals surface area contributed by atoms with E-state index in [0.29, 0.717) is 5.89 Å². The summed E-state index contributed by atoms with van der Waals surface area (Å²) < 4.78 is 5.43. The van der Waals surface area contributed by atoms with Gasteiger partial charge in [0.25, 0.3) is 0 Å². The summed E-state index contributed by atoms with van der Waals surface area (Å²) in [5.74, 6) is 1.38. The van der Waals surface area contributed by atoms with Crippen LogP contribution >= 0.6 is 0 Å². The summed E-state index contributed by atoms with van der Waals surface area (Å²) in [6, 6.07) is 0.139. The van der Waals surface area contributed by atoms with E-state index >= 15 is 0 Å². The Hall–Kier alpha value is -1.63. The lowest BCUT2D eigenvalue weighted by atomic mass is 9.96. The Balaban J connectivity index is 1.96. The molecule has 0 aromatic carbocycles. The van der Waals surface area contributed by atoms with E-state index < -0.39 is 0 Å². The third kappa shape index (κ3) is 3.58. The van der Waals surface area contributed by atoms with E-state index in [0.717, 1.165) is 32.0 Å². The maximum Gasteiger partial charge on any atom is 0.319 e. The Morgan fingerprint density at radius 2 is 1.82 bits per heavy atom. The molecule has 1 atom stereocenters. The van der Waals surface area contributed by atoms with Crippen molar-refractivity contribution in [2.24, 2.45) is 0 Å². The summed E-state index contributed by atoms with van der Waals surface area (Å²) >= 11 is 0. The molecular formula is C15H27N5O2. The Labute approximate surface area is 132 Å². The van der Waals surface area contributed by atoms with Crippen molar-refractivity contribution in [3.05, 3.63) is 11.7 Å². The molecule has 22 heavy (non-hydrogen) atoms. The van der Waals surface area contributed by atoms with E-state index in [9.17, 15) is 4.79 Å². The first-order valence-corrected chi connectivity index (χ1v) is 7.74. The number of amides is 2. The summed E-state index contributed by atoms with van der Waals surface area (Å²) in [5.41, 5.74) is -0.113. The van der Waals surface area contributed by atoms with Crippen molar-refractivity contribution in [3.8, 4) is 0 Å². The molecule has 0 bridgehead atoms. The second-order valence-corrected chi connectivity index (χ2v) is 7.08. The minimum Gasteiger partial charge on any atom is -0.338 e. The molecule has 7 nitrogen and oxygen atoms in total. The van der Waals surface area contributed by atoms with Crippen molar-refractivity contribution >= 4 is 6.03 Å². The van der Waals surface area contributed by atoms with Crippen molar-refractivity contribution < 1.29 is 9.32 Å². The predicted molar refractivity (Wildman–Crippen MR) is 83.6 cm³/mol. The van der Waals surface area contributed by atoms with Gasteiger partial charge in [0.2, 0.25) is 5.89 Å². The molecule has 0 spiro atoms. The molecule has 124 valence electrons. The minimum absolute atomic E-state index is 0.0695. The van der Waals surface area contributed by atoms with Crippen LogP contribution < -0.4 is 0 Å². The zero-order chi connectivity index (χ0) is 16.5. The van der Waals surface area contributed by atoms with Gasteiger partial charge < -0.3 is 14.3 Å². The number of aromatic nitrogens is 2. The average molecular weight is 309 g/mol. The first-order chi connectivity index (χ1) is 10.2. The maximum atomic E-state index is 12.0. The van der Waals surface area contributed by atoms with Gasteiger partial charge in [-0.05, 0) is 6.92 Å². The highest BCUT2D eigenvalue weighted by atomic mass is 16.5. The van der Waals surface area contributed by atoms with Crippen LogP contribution in [0.25, 0.3) is 0 Å². The molecule has 1 aliphatic rings. The molecule has 0 aliphatic carbocycles. The minimum atomic E-state index is -0.113. The van der Waals surface area contributed by atoms with Gasteiger partial charge in [0.15, 0.2) is 5.82 Å². The van der Waals surface area contributed by atoms with E-state index in [1.54, 1.807) is 19.0 Å². The fourth-order valence-corrected chi connectivity index (χ4v) is 2.45. The molecule has 1 aromatic rings. The molecule has 1 aromatic heterocycles. The number of hydrogen-bond acceptors (Lipinski definition) is 5. The maximum absolute atomic E-state index is 12.0. The normalized spacial score (nSPS) is 18.4. The number of rotatable bonds is 2. The van der Waals surface area contributed by atoms with Crippen LogP contribution in [-0.4, -0.2) is 71.1 Å². The SMILES string of the molecule is CC(c1nc(C(C)(C)C)no1)N1CCN(C(=O)N(C)C)CC1. The second kappa shape index (κ2) is 6.24. The molecule has 0 N–H and O–H groups in total. The van der Waals surface area contributed by atoms with Gasteiger partial charge in [-0.2, -0.15) is 4.98 Å². The molecule has 1 aliphatic heterocycles. The number of piperazine rings is 1. The van der Waals surface area contributed by atoms with E-state index in [1.807, 2.05) is 4.90 Å². The van der Waals surface area contributed by atoms with Crippen LogP contribution in [0, 0.1) is 0 Å². The summed E-state index contributed by atoms with van der Waals surface area (Å²) in [6.45, 7) is 11.3. The molecule has 7 heteroatoms. The number of hydrogen-bond donors (Lipinski definition) is 0. The number of nitrogens with zero attached hydrogens (tertiary/aromatic N) is 5. The van der Waals surface area contributed by atoms with E-state index in [2.05, 4.69) is 42.7 Å². The van der Waals surface area contributed by atoms with E-state index in [1.165, 1.54) is 0 Å². The highest BCUT2D eigenvalue weighted by molar-refractivity contribution is 5.73. The lowest BCUT2D eigenvalue weighted by Gasteiger charge is -2.37.